The van der Waals surface area contributed by atoms with Crippen LogP contribution in [0.25, 0.3) is 0 Å². The van der Waals surface area contributed by atoms with Crippen LogP contribution in [0.4, 0.5) is 13.2 Å². The van der Waals surface area contributed by atoms with Gasteiger partial charge in [-0.05, 0) is 54.7 Å². The molecule has 228 valence electrons. The van der Waals surface area contributed by atoms with E-state index in [0.29, 0.717) is 18.9 Å². The molecule has 3 aliphatic rings. The molecule has 0 amide bonds. The van der Waals surface area contributed by atoms with Crippen molar-refractivity contribution in [1.29, 1.82) is 0 Å². The molecule has 3 aliphatic heterocycles. The molecule has 0 saturated heterocycles. The molecule has 0 radical (unpaired) electrons. The largest absolute Gasteiger partial charge is 0.416 e. The van der Waals surface area contributed by atoms with E-state index in [2.05, 4.69) is 94.2 Å². The van der Waals surface area contributed by atoms with Gasteiger partial charge in [-0.15, -0.1) is 0 Å². The van der Waals surface area contributed by atoms with Gasteiger partial charge in [0.15, 0.2) is 0 Å². The molecule has 3 heterocycles. The van der Waals surface area contributed by atoms with Gasteiger partial charge in [-0.2, -0.15) is 13.2 Å². The van der Waals surface area contributed by atoms with Crippen molar-refractivity contribution in [3.05, 3.63) is 106 Å². The van der Waals surface area contributed by atoms with Gasteiger partial charge in [0, 0.05) is 38.9 Å². The highest BCUT2D eigenvalue weighted by Gasteiger charge is 2.33. The highest BCUT2D eigenvalue weighted by Crippen LogP contribution is 2.32. The Balaban J connectivity index is 0.000000148. The number of aryl methyl sites for hydroxylation is 3. The van der Waals surface area contributed by atoms with Crippen molar-refractivity contribution in [2.45, 2.75) is 46.2 Å². The van der Waals surface area contributed by atoms with Crippen LogP contribution in [0.3, 0.4) is 0 Å². The fourth-order valence-electron chi connectivity index (χ4n) is 4.99. The van der Waals surface area contributed by atoms with E-state index >= 15 is 0 Å². The maximum Gasteiger partial charge on any atom is 0.416 e. The Morgan fingerprint density at radius 3 is 1.56 bits per heavy atom. The van der Waals surface area contributed by atoms with E-state index < -0.39 is 11.7 Å². The molecule has 3 aromatic rings. The van der Waals surface area contributed by atoms with E-state index in [1.54, 1.807) is 6.07 Å². The zero-order chi connectivity index (χ0) is 30.7. The summed E-state index contributed by atoms with van der Waals surface area (Å²) in [4.78, 5) is 12.9. The number of rotatable bonds is 6. The molecule has 0 aromatic heterocycles. The second kappa shape index (κ2) is 15.4. The zero-order valence-corrected chi connectivity index (χ0v) is 25.2. The Labute approximate surface area is 252 Å². The molecular formula is C34H41F3N6. The molecule has 0 fully saturated rings. The van der Waals surface area contributed by atoms with Gasteiger partial charge in [0.25, 0.3) is 0 Å². The first-order valence-electron chi connectivity index (χ1n) is 14.8. The molecule has 3 aromatic carbocycles. The van der Waals surface area contributed by atoms with E-state index in [4.69, 9.17) is 0 Å². The van der Waals surface area contributed by atoms with Gasteiger partial charge in [0.05, 0.1) is 25.2 Å². The third kappa shape index (κ3) is 9.98. The third-order valence-corrected chi connectivity index (χ3v) is 7.39. The summed E-state index contributed by atoms with van der Waals surface area (Å²) in [7, 11) is 0. The minimum absolute atomic E-state index is 0.218. The van der Waals surface area contributed by atoms with E-state index in [-0.39, 0.29) is 12.0 Å². The van der Waals surface area contributed by atoms with Gasteiger partial charge < -0.3 is 16.0 Å². The Morgan fingerprint density at radius 1 is 0.581 bits per heavy atom. The quantitative estimate of drug-likeness (QED) is 0.348. The average molecular weight is 591 g/mol. The second-order valence-electron chi connectivity index (χ2n) is 10.8. The van der Waals surface area contributed by atoms with Crippen LogP contribution in [0.1, 0.15) is 38.9 Å². The first-order valence-corrected chi connectivity index (χ1v) is 14.8. The van der Waals surface area contributed by atoms with Crippen LogP contribution in [-0.4, -0.2) is 56.8 Å². The number of aliphatic imine (C=N–C) groups is 3. The SMILES string of the molecule is Cc1ccc(C)c(CC2=NCCN2)c1.Cc1ccccc1CC1=NCCN1.FC(F)(F)c1ccccc1CC1=NCCN1. The third-order valence-electron chi connectivity index (χ3n) is 7.39. The molecule has 0 atom stereocenters. The topological polar surface area (TPSA) is 73.2 Å². The molecule has 0 saturated carbocycles. The minimum Gasteiger partial charge on any atom is -0.372 e. The monoisotopic (exact) mass is 590 g/mol. The van der Waals surface area contributed by atoms with Gasteiger partial charge in [-0.3, -0.25) is 15.0 Å². The summed E-state index contributed by atoms with van der Waals surface area (Å²) >= 11 is 0. The van der Waals surface area contributed by atoms with E-state index in [1.807, 2.05) is 0 Å². The Bertz CT molecular complexity index is 1460. The smallest absolute Gasteiger partial charge is 0.372 e. The van der Waals surface area contributed by atoms with Crippen molar-refractivity contribution in [3.63, 3.8) is 0 Å². The summed E-state index contributed by atoms with van der Waals surface area (Å²) < 4.78 is 38.0. The maximum absolute atomic E-state index is 12.7. The molecule has 6 nitrogen and oxygen atoms in total. The highest BCUT2D eigenvalue weighted by molar-refractivity contribution is 5.87. The van der Waals surface area contributed by atoms with Crippen molar-refractivity contribution in [2.24, 2.45) is 15.0 Å². The summed E-state index contributed by atoms with van der Waals surface area (Å²) in [6, 6.07) is 20.6. The lowest BCUT2D eigenvalue weighted by Gasteiger charge is -2.12. The van der Waals surface area contributed by atoms with E-state index in [9.17, 15) is 13.2 Å². The number of alkyl halides is 3. The molecule has 43 heavy (non-hydrogen) atoms. The molecule has 0 bridgehead atoms. The molecular weight excluding hydrogens is 549 g/mol. The fraction of sp³-hybridized carbons (Fsp3) is 0.382. The van der Waals surface area contributed by atoms with E-state index in [0.717, 1.165) is 56.8 Å². The molecule has 0 spiro atoms. The number of hydrogen-bond acceptors (Lipinski definition) is 6. The zero-order valence-electron chi connectivity index (χ0n) is 25.2. The predicted molar refractivity (Wildman–Crippen MR) is 171 cm³/mol. The first-order chi connectivity index (χ1) is 20.7. The number of nitrogens with one attached hydrogen (secondary N) is 3. The van der Waals surface area contributed by atoms with Crippen LogP contribution in [0, 0.1) is 20.8 Å². The lowest BCUT2D eigenvalue weighted by molar-refractivity contribution is -0.138. The number of halogens is 3. The number of amidine groups is 3. The van der Waals surface area contributed by atoms with Crippen LogP contribution in [0.2, 0.25) is 0 Å². The van der Waals surface area contributed by atoms with Crippen molar-refractivity contribution < 1.29 is 13.2 Å². The highest BCUT2D eigenvalue weighted by atomic mass is 19.4. The first kappa shape index (κ1) is 31.8. The minimum atomic E-state index is -4.30. The van der Waals surface area contributed by atoms with Crippen LogP contribution >= 0.6 is 0 Å². The lowest BCUT2D eigenvalue weighted by atomic mass is 10.0. The van der Waals surface area contributed by atoms with Crippen molar-refractivity contribution >= 4 is 17.5 Å². The van der Waals surface area contributed by atoms with Crippen molar-refractivity contribution in [1.82, 2.24) is 16.0 Å². The Hall–Kier alpha value is -4.14. The molecule has 3 N–H and O–H groups in total. The van der Waals surface area contributed by atoms with Gasteiger partial charge in [0.2, 0.25) is 0 Å². The molecule has 0 unspecified atom stereocenters. The van der Waals surface area contributed by atoms with Crippen LogP contribution in [-0.2, 0) is 25.4 Å². The van der Waals surface area contributed by atoms with Crippen LogP contribution < -0.4 is 16.0 Å². The molecule has 9 heteroatoms. The van der Waals surface area contributed by atoms with Gasteiger partial charge >= 0.3 is 6.18 Å². The number of benzene rings is 3. The summed E-state index contributed by atoms with van der Waals surface area (Å²) in [5.74, 6) is 2.91. The number of nitrogens with zero attached hydrogens (tertiary/aromatic N) is 3. The van der Waals surface area contributed by atoms with Gasteiger partial charge in [-0.25, -0.2) is 0 Å². The van der Waals surface area contributed by atoms with Crippen LogP contribution in [0.5, 0.6) is 0 Å². The molecule has 6 rings (SSSR count). The normalized spacial score (nSPS) is 15.4. The van der Waals surface area contributed by atoms with Gasteiger partial charge in [-0.1, -0.05) is 66.2 Å². The standard InChI is InChI=1S/C12H16N2.C11H11F3N2.C11H14N2/c1-9-3-4-10(2)11(7-9)8-12-13-5-6-14-12;12-11(13,14)9-4-2-1-3-8(9)7-10-15-5-6-16-10;1-9-4-2-3-5-10(9)8-11-12-6-7-13-11/h3-4,7H,5-6,8H2,1-2H3,(H,13,14);1-4H,5-7H2,(H,15,16);2-5H,6-8H2,1H3,(H,12,13). The average Bonchev–Trinajstić information content (AvgIpc) is 3.78. The Morgan fingerprint density at radius 2 is 1.05 bits per heavy atom. The maximum atomic E-state index is 12.7. The van der Waals surface area contributed by atoms with Crippen molar-refractivity contribution in [3.8, 4) is 0 Å². The summed E-state index contributed by atoms with van der Waals surface area (Å²) in [5.41, 5.74) is 6.47. The van der Waals surface area contributed by atoms with Crippen LogP contribution in [0.15, 0.2) is 81.7 Å². The summed E-state index contributed by atoms with van der Waals surface area (Å²) in [5, 5.41) is 9.55. The summed E-state index contributed by atoms with van der Waals surface area (Å²) in [6.07, 6.45) is -2.17. The van der Waals surface area contributed by atoms with Crippen molar-refractivity contribution in [2.75, 3.05) is 39.3 Å². The fourth-order valence-corrected chi connectivity index (χ4v) is 4.99. The predicted octanol–water partition coefficient (Wildman–Crippen LogP) is 5.64. The summed E-state index contributed by atoms with van der Waals surface area (Å²) in [6.45, 7) is 11.7. The number of hydrogen-bond donors (Lipinski definition) is 3. The van der Waals surface area contributed by atoms with Gasteiger partial charge in [0.1, 0.15) is 17.5 Å². The van der Waals surface area contributed by atoms with E-state index in [1.165, 1.54) is 39.9 Å². The second-order valence-corrected chi connectivity index (χ2v) is 10.8. The lowest BCUT2D eigenvalue weighted by Crippen LogP contribution is -2.22. The molecule has 0 aliphatic carbocycles. The Kier molecular flexibility index (Phi) is 11.4.